The number of piperidine rings is 1. The minimum absolute atomic E-state index is 0.120. The van der Waals surface area contributed by atoms with Crippen molar-refractivity contribution in [3.63, 3.8) is 0 Å². The summed E-state index contributed by atoms with van der Waals surface area (Å²) in [5.74, 6) is 0.335. The first kappa shape index (κ1) is 16.5. The summed E-state index contributed by atoms with van der Waals surface area (Å²) in [5.41, 5.74) is 1.24. The Kier molecular flexibility index (Phi) is 5.05. The number of carboxylic acids is 1. The number of aliphatic carboxylic acids is 1. The number of halogens is 1. The van der Waals surface area contributed by atoms with Crippen LogP contribution in [0.25, 0.3) is 0 Å². The average Bonchev–Trinajstić information content (AvgIpc) is 3.34. The van der Waals surface area contributed by atoms with Gasteiger partial charge in [-0.2, -0.15) is 0 Å². The second-order valence-electron chi connectivity index (χ2n) is 6.73. The highest BCUT2D eigenvalue weighted by atomic mass is 79.9. The lowest BCUT2D eigenvalue weighted by atomic mass is 9.93. The highest BCUT2D eigenvalue weighted by molar-refractivity contribution is 9.10. The van der Waals surface area contributed by atoms with Crippen LogP contribution in [0.5, 0.6) is 0 Å². The highest BCUT2D eigenvalue weighted by Crippen LogP contribution is 2.49. The zero-order chi connectivity index (χ0) is 16.4. The van der Waals surface area contributed by atoms with E-state index in [1.165, 1.54) is 5.56 Å². The molecule has 1 aliphatic carbocycles. The van der Waals surface area contributed by atoms with Crippen LogP contribution < -0.4 is 0 Å². The van der Waals surface area contributed by atoms with E-state index in [1.807, 2.05) is 17.0 Å². The van der Waals surface area contributed by atoms with Crippen LogP contribution in [-0.4, -0.2) is 35.0 Å². The van der Waals surface area contributed by atoms with Crippen molar-refractivity contribution in [1.82, 2.24) is 4.90 Å². The summed E-state index contributed by atoms with van der Waals surface area (Å²) >= 11 is 3.44. The van der Waals surface area contributed by atoms with E-state index in [2.05, 4.69) is 28.1 Å². The van der Waals surface area contributed by atoms with Crippen LogP contribution >= 0.6 is 15.9 Å². The Morgan fingerprint density at radius 1 is 1.26 bits per heavy atom. The molecular weight excluding hydrogens is 358 g/mol. The predicted octanol–water partition coefficient (Wildman–Crippen LogP) is 3.66. The largest absolute Gasteiger partial charge is 0.481 e. The summed E-state index contributed by atoms with van der Waals surface area (Å²) < 4.78 is 1.06. The van der Waals surface area contributed by atoms with Crippen LogP contribution in [0.15, 0.2) is 28.7 Å². The second kappa shape index (κ2) is 7.04. The van der Waals surface area contributed by atoms with Gasteiger partial charge in [0.05, 0.1) is 0 Å². The third-order valence-corrected chi connectivity index (χ3v) is 5.53. The van der Waals surface area contributed by atoms with Gasteiger partial charge < -0.3 is 10.0 Å². The van der Waals surface area contributed by atoms with Crippen molar-refractivity contribution in [2.24, 2.45) is 11.8 Å². The Hall–Kier alpha value is -1.36. The summed E-state index contributed by atoms with van der Waals surface area (Å²) in [6, 6.07) is 8.23. The average molecular weight is 380 g/mol. The molecule has 0 spiro atoms. The zero-order valence-electron chi connectivity index (χ0n) is 13.1. The minimum Gasteiger partial charge on any atom is -0.481 e. The van der Waals surface area contributed by atoms with Gasteiger partial charge >= 0.3 is 5.97 Å². The fraction of sp³-hybridized carbons (Fsp3) is 0.556. The van der Waals surface area contributed by atoms with Crippen LogP contribution in [0.2, 0.25) is 0 Å². The fourth-order valence-corrected chi connectivity index (χ4v) is 3.87. The Labute approximate surface area is 145 Å². The molecule has 3 unspecified atom stereocenters. The summed E-state index contributed by atoms with van der Waals surface area (Å²) in [5, 5.41) is 8.81. The molecule has 2 aliphatic rings. The molecule has 1 aromatic carbocycles. The molecule has 3 atom stereocenters. The van der Waals surface area contributed by atoms with Crippen LogP contribution in [0.4, 0.5) is 0 Å². The second-order valence-corrected chi connectivity index (χ2v) is 7.64. The number of amides is 1. The van der Waals surface area contributed by atoms with Gasteiger partial charge in [-0.25, -0.2) is 0 Å². The molecule has 3 rings (SSSR count). The van der Waals surface area contributed by atoms with Crippen molar-refractivity contribution in [1.29, 1.82) is 0 Å². The van der Waals surface area contributed by atoms with E-state index in [0.29, 0.717) is 18.3 Å². The van der Waals surface area contributed by atoms with Gasteiger partial charge in [-0.05, 0) is 55.2 Å². The molecule has 0 bridgehead atoms. The maximum atomic E-state index is 12.7. The number of benzene rings is 1. The number of hydrogen-bond donors (Lipinski definition) is 1. The highest BCUT2D eigenvalue weighted by Gasteiger charge is 2.46. The third kappa shape index (κ3) is 4.14. The summed E-state index contributed by atoms with van der Waals surface area (Å²) in [6.07, 6.45) is 3.86. The van der Waals surface area contributed by atoms with Gasteiger partial charge in [-0.1, -0.05) is 28.1 Å². The van der Waals surface area contributed by atoms with Gasteiger partial charge in [0, 0.05) is 29.9 Å². The zero-order valence-corrected chi connectivity index (χ0v) is 14.7. The number of carboxylic acid groups (broad SMARTS) is 1. The van der Waals surface area contributed by atoms with E-state index in [4.69, 9.17) is 5.11 Å². The third-order valence-electron chi connectivity index (χ3n) is 5.00. The maximum Gasteiger partial charge on any atom is 0.303 e. The smallest absolute Gasteiger partial charge is 0.303 e. The van der Waals surface area contributed by atoms with Crippen LogP contribution in [0, 0.1) is 11.8 Å². The standard InChI is InChI=1S/C18H22BrNO3/c19-14-6-4-13(5-7-14)15-10-16(15)18(23)20-9-1-2-12(11-20)3-8-17(21)22/h4-7,12,15-16H,1-3,8-11H2,(H,21,22). The van der Waals surface area contributed by atoms with E-state index < -0.39 is 5.97 Å². The van der Waals surface area contributed by atoms with Crippen LogP contribution in [-0.2, 0) is 9.59 Å². The first-order valence-corrected chi connectivity index (χ1v) is 9.10. The van der Waals surface area contributed by atoms with E-state index in [9.17, 15) is 9.59 Å². The van der Waals surface area contributed by atoms with Crippen LogP contribution in [0.1, 0.15) is 43.6 Å². The first-order valence-electron chi connectivity index (χ1n) is 8.30. The van der Waals surface area contributed by atoms with Gasteiger partial charge in [-0.15, -0.1) is 0 Å². The van der Waals surface area contributed by atoms with E-state index >= 15 is 0 Å². The molecule has 124 valence electrons. The Morgan fingerprint density at radius 3 is 2.70 bits per heavy atom. The Balaban J connectivity index is 1.54. The van der Waals surface area contributed by atoms with Crippen molar-refractivity contribution in [2.45, 2.75) is 38.0 Å². The molecule has 1 aromatic rings. The maximum absolute atomic E-state index is 12.7. The quantitative estimate of drug-likeness (QED) is 0.848. The predicted molar refractivity (Wildman–Crippen MR) is 91.2 cm³/mol. The first-order chi connectivity index (χ1) is 11.0. The molecule has 1 amide bonds. The molecule has 2 fully saturated rings. The summed E-state index contributed by atoms with van der Waals surface area (Å²) in [4.78, 5) is 25.4. The number of hydrogen-bond acceptors (Lipinski definition) is 2. The van der Waals surface area contributed by atoms with E-state index in [-0.39, 0.29) is 18.2 Å². The van der Waals surface area contributed by atoms with Gasteiger partial charge in [0.1, 0.15) is 0 Å². The molecule has 1 saturated heterocycles. The molecule has 0 radical (unpaired) electrons. The van der Waals surface area contributed by atoms with Gasteiger partial charge in [0.15, 0.2) is 0 Å². The van der Waals surface area contributed by atoms with Crippen molar-refractivity contribution < 1.29 is 14.7 Å². The van der Waals surface area contributed by atoms with Crippen molar-refractivity contribution >= 4 is 27.8 Å². The molecule has 5 heteroatoms. The lowest BCUT2D eigenvalue weighted by Gasteiger charge is -2.33. The number of nitrogens with zero attached hydrogens (tertiary/aromatic N) is 1. The van der Waals surface area contributed by atoms with Crippen molar-refractivity contribution in [3.05, 3.63) is 34.3 Å². The molecule has 0 aromatic heterocycles. The fourth-order valence-electron chi connectivity index (χ4n) is 3.61. The number of carbonyl (C=O) groups excluding carboxylic acids is 1. The molecule has 1 aliphatic heterocycles. The Bertz CT molecular complexity index is 586. The van der Waals surface area contributed by atoms with Crippen LogP contribution in [0.3, 0.4) is 0 Å². The Morgan fingerprint density at radius 2 is 2.00 bits per heavy atom. The van der Waals surface area contributed by atoms with Gasteiger partial charge in [0.2, 0.25) is 5.91 Å². The normalized spacial score (nSPS) is 26.8. The van der Waals surface area contributed by atoms with E-state index in [1.54, 1.807) is 0 Å². The molecule has 1 saturated carbocycles. The summed E-state index contributed by atoms with van der Waals surface area (Å²) in [6.45, 7) is 1.56. The number of likely N-dealkylation sites (tertiary alicyclic amines) is 1. The monoisotopic (exact) mass is 379 g/mol. The van der Waals surface area contributed by atoms with Gasteiger partial charge in [0.25, 0.3) is 0 Å². The van der Waals surface area contributed by atoms with Gasteiger partial charge in [-0.3, -0.25) is 9.59 Å². The number of carbonyl (C=O) groups is 2. The lowest BCUT2D eigenvalue weighted by Crippen LogP contribution is -2.41. The topological polar surface area (TPSA) is 57.6 Å². The SMILES string of the molecule is O=C(O)CCC1CCCN(C(=O)C2CC2c2ccc(Br)cc2)C1. The molecule has 1 N–H and O–H groups in total. The summed E-state index contributed by atoms with van der Waals surface area (Å²) in [7, 11) is 0. The van der Waals surface area contributed by atoms with E-state index in [0.717, 1.165) is 36.8 Å². The van der Waals surface area contributed by atoms with Crippen molar-refractivity contribution in [2.75, 3.05) is 13.1 Å². The molecule has 1 heterocycles. The number of rotatable bonds is 5. The molecule has 4 nitrogen and oxygen atoms in total. The molecule has 23 heavy (non-hydrogen) atoms. The molecular formula is C18H22BrNO3. The lowest BCUT2D eigenvalue weighted by molar-refractivity contribution is -0.137. The van der Waals surface area contributed by atoms with Crippen molar-refractivity contribution in [3.8, 4) is 0 Å². The minimum atomic E-state index is -0.744.